The zero-order valence-corrected chi connectivity index (χ0v) is 54.0. The first-order chi connectivity index (χ1) is 38.9. The Hall–Kier alpha value is -2.81. The first-order valence-electron chi connectivity index (χ1n) is 33.4. The fourth-order valence-electron chi connectivity index (χ4n) is 9.43. The van der Waals surface area contributed by atoms with Gasteiger partial charge in [0.1, 0.15) is 19.3 Å². The third-order valence-electron chi connectivity index (χ3n) is 14.6. The summed E-state index contributed by atoms with van der Waals surface area (Å²) in [5, 5.41) is 3.06. The zero-order valence-electron chi connectivity index (χ0n) is 53.1. The summed E-state index contributed by atoms with van der Waals surface area (Å²) in [6, 6.07) is -0.857. The molecular weight excluding hydrogens is 1010 g/mol. The number of hydrogen-bond acceptors (Lipinski definition) is 6. The lowest BCUT2D eigenvalue weighted by Gasteiger charge is -2.27. The number of phosphoric ester groups is 1. The summed E-state index contributed by atoms with van der Waals surface area (Å²) in [5.74, 6) is -0.513. The Morgan fingerprint density at radius 1 is 0.450 bits per heavy atom. The minimum absolute atomic E-state index is 0.0357. The third-order valence-corrected chi connectivity index (χ3v) is 15.6. The molecule has 3 unspecified atom stereocenters. The van der Waals surface area contributed by atoms with Gasteiger partial charge in [-0.1, -0.05) is 267 Å². The van der Waals surface area contributed by atoms with E-state index in [1.54, 1.807) is 0 Å². The van der Waals surface area contributed by atoms with Crippen LogP contribution >= 0.6 is 7.82 Å². The molecule has 80 heavy (non-hydrogen) atoms. The zero-order chi connectivity index (χ0) is 58.6. The van der Waals surface area contributed by atoms with Gasteiger partial charge in [0.15, 0.2) is 0 Å². The summed E-state index contributed by atoms with van der Waals surface area (Å²) in [4.78, 5) is 37.8. The van der Waals surface area contributed by atoms with Crippen molar-refractivity contribution in [1.29, 1.82) is 0 Å². The van der Waals surface area contributed by atoms with Crippen molar-refractivity contribution in [2.75, 3.05) is 40.9 Å². The Morgan fingerprint density at radius 2 is 0.800 bits per heavy atom. The lowest BCUT2D eigenvalue weighted by molar-refractivity contribution is -0.870. The smallest absolute Gasteiger partial charge is 0.456 e. The highest BCUT2D eigenvalue weighted by atomic mass is 31.2. The molecule has 0 bridgehead atoms. The number of carbonyl (C=O) groups is 2. The van der Waals surface area contributed by atoms with Gasteiger partial charge < -0.3 is 19.4 Å². The Balaban J connectivity index is 5.15. The highest BCUT2D eigenvalue weighted by Crippen LogP contribution is 2.43. The normalized spacial score (nSPS) is 14.1. The third kappa shape index (κ3) is 59.8. The molecule has 0 spiro atoms. The van der Waals surface area contributed by atoms with Crippen molar-refractivity contribution >= 4 is 19.7 Å². The second-order valence-corrected chi connectivity index (χ2v) is 25.1. The summed E-state index contributed by atoms with van der Waals surface area (Å²) in [6.45, 7) is 6.90. The molecule has 0 heterocycles. The summed E-state index contributed by atoms with van der Waals surface area (Å²) in [5.41, 5.74) is 0. The fourth-order valence-corrected chi connectivity index (χ4v) is 10.2. The molecule has 0 aliphatic carbocycles. The highest BCUT2D eigenvalue weighted by molar-refractivity contribution is 7.47. The lowest BCUT2D eigenvalue weighted by Crippen LogP contribution is -2.47. The van der Waals surface area contributed by atoms with E-state index in [0.717, 1.165) is 116 Å². The fraction of sp³-hybridized carbons (Fsp3) is 0.771. The van der Waals surface area contributed by atoms with E-state index in [9.17, 15) is 19.0 Å². The number of likely N-dealkylation sites (N-methyl/N-ethyl adjacent to an activating group) is 1. The van der Waals surface area contributed by atoms with Crippen LogP contribution in [-0.2, 0) is 27.9 Å². The van der Waals surface area contributed by atoms with Crippen LogP contribution in [0.25, 0.3) is 0 Å². The maximum atomic E-state index is 13.6. The topological polar surface area (TPSA) is 111 Å². The van der Waals surface area contributed by atoms with Gasteiger partial charge in [-0.05, 0) is 102 Å². The molecule has 0 aromatic heterocycles. The van der Waals surface area contributed by atoms with Crippen LogP contribution in [0, 0.1) is 0 Å². The molecule has 0 radical (unpaired) electrons. The quantitative estimate of drug-likeness (QED) is 0.0205. The first-order valence-corrected chi connectivity index (χ1v) is 34.9. The molecule has 0 fully saturated rings. The number of allylic oxidation sites excluding steroid dienone is 13. The van der Waals surface area contributed by atoms with Gasteiger partial charge in [-0.25, -0.2) is 4.57 Å². The molecule has 0 saturated carbocycles. The van der Waals surface area contributed by atoms with Gasteiger partial charge in [0, 0.05) is 12.8 Å². The molecule has 0 aliphatic rings. The predicted molar refractivity (Wildman–Crippen MR) is 346 cm³/mol. The number of phosphoric acid groups is 1. The van der Waals surface area contributed by atoms with Crippen LogP contribution in [0.5, 0.6) is 0 Å². The molecule has 0 aromatic rings. The number of amides is 1. The second kappa shape index (κ2) is 59.4. The number of unbranched alkanes of at least 4 members (excludes halogenated alkanes) is 32. The molecule has 3 atom stereocenters. The molecular formula is C70H128N2O7P+. The SMILES string of the molecule is CC/C=C\C/C=C\C/C=C\C/C=C\C/C=C\CCCCCCCCCCCC(=O)NC(COP(=O)(O)OCC[N+](C)(C)C)C(/C=C\CCCCCCCCCCCC)OC(=O)CCCCCCCCC/C=C/CCCCCCCC. The number of hydrogen-bond donors (Lipinski definition) is 2. The monoisotopic (exact) mass is 1140 g/mol. The van der Waals surface area contributed by atoms with Crippen molar-refractivity contribution in [1.82, 2.24) is 5.32 Å². The van der Waals surface area contributed by atoms with Crippen molar-refractivity contribution in [3.05, 3.63) is 85.1 Å². The summed E-state index contributed by atoms with van der Waals surface area (Å²) < 4.78 is 30.8. The van der Waals surface area contributed by atoms with Crippen LogP contribution in [0.15, 0.2) is 85.1 Å². The van der Waals surface area contributed by atoms with Crippen LogP contribution in [0.3, 0.4) is 0 Å². The van der Waals surface area contributed by atoms with Crippen molar-refractivity contribution in [3.63, 3.8) is 0 Å². The van der Waals surface area contributed by atoms with Gasteiger partial charge in [0.05, 0.1) is 33.8 Å². The van der Waals surface area contributed by atoms with Gasteiger partial charge in [0.2, 0.25) is 5.91 Å². The van der Waals surface area contributed by atoms with Crippen molar-refractivity contribution in [2.24, 2.45) is 0 Å². The van der Waals surface area contributed by atoms with E-state index >= 15 is 0 Å². The predicted octanol–water partition coefficient (Wildman–Crippen LogP) is 21.0. The van der Waals surface area contributed by atoms with E-state index in [1.807, 2.05) is 33.3 Å². The molecule has 464 valence electrons. The van der Waals surface area contributed by atoms with Gasteiger partial charge in [0.25, 0.3) is 0 Å². The van der Waals surface area contributed by atoms with E-state index in [0.29, 0.717) is 17.4 Å². The lowest BCUT2D eigenvalue weighted by atomic mass is 10.0. The van der Waals surface area contributed by atoms with Gasteiger partial charge >= 0.3 is 13.8 Å². The molecule has 2 N–H and O–H groups in total. The van der Waals surface area contributed by atoms with E-state index in [4.69, 9.17) is 13.8 Å². The summed E-state index contributed by atoms with van der Waals surface area (Å²) in [7, 11) is 1.49. The second-order valence-electron chi connectivity index (χ2n) is 23.6. The highest BCUT2D eigenvalue weighted by Gasteiger charge is 2.30. The standard InChI is InChI=1S/C70H127N2O7P/c1-7-10-13-16-19-22-25-28-30-32-33-34-35-36-37-38-39-41-42-44-47-50-53-56-59-62-69(73)71-67(66-78-80(75,76)77-65-64-72(4,5)6)68(61-58-55-52-49-46-27-24-21-18-15-12-9-3)79-70(74)63-60-57-54-51-48-45-43-40-31-29-26-23-20-17-14-11-8-2/h10,13,19,22,28-31,33-34,36-37,58,61,67-68H,7-9,11-12,14-18,20-21,23-27,32,35,38-57,59-60,62-66H2,1-6H3,(H-,71,73,75,76)/p+1/b13-10-,22-19-,30-28-,31-29+,34-33-,37-36-,61-58-. The Bertz CT molecular complexity index is 1640. The van der Waals surface area contributed by atoms with E-state index in [2.05, 4.69) is 99.0 Å². The maximum absolute atomic E-state index is 13.6. The first kappa shape index (κ1) is 77.2. The van der Waals surface area contributed by atoms with Crippen molar-refractivity contribution in [3.8, 4) is 0 Å². The van der Waals surface area contributed by atoms with Crippen molar-refractivity contribution in [2.45, 2.75) is 309 Å². The number of ether oxygens (including phenoxy) is 1. The molecule has 10 heteroatoms. The number of rotatable bonds is 60. The maximum Gasteiger partial charge on any atom is 0.472 e. The average molecular weight is 1140 g/mol. The molecule has 0 rings (SSSR count). The van der Waals surface area contributed by atoms with Crippen LogP contribution in [0.2, 0.25) is 0 Å². The molecule has 0 saturated heterocycles. The molecule has 1 amide bonds. The van der Waals surface area contributed by atoms with E-state index in [1.165, 1.54) is 148 Å². The van der Waals surface area contributed by atoms with E-state index in [-0.39, 0.29) is 31.5 Å². The van der Waals surface area contributed by atoms with Gasteiger partial charge in [-0.15, -0.1) is 0 Å². The Morgan fingerprint density at radius 3 is 1.21 bits per heavy atom. The molecule has 9 nitrogen and oxygen atoms in total. The van der Waals surface area contributed by atoms with Crippen LogP contribution in [-0.4, -0.2) is 74.3 Å². The van der Waals surface area contributed by atoms with Crippen LogP contribution in [0.4, 0.5) is 0 Å². The average Bonchev–Trinajstić information content (AvgIpc) is 3.42. The number of carbonyl (C=O) groups excluding carboxylic acids is 2. The minimum Gasteiger partial charge on any atom is -0.456 e. The Labute approximate surface area is 495 Å². The number of nitrogens with zero attached hydrogens (tertiary/aromatic N) is 1. The summed E-state index contributed by atoms with van der Waals surface area (Å²) >= 11 is 0. The number of esters is 1. The largest absolute Gasteiger partial charge is 0.472 e. The minimum atomic E-state index is -4.46. The van der Waals surface area contributed by atoms with Crippen molar-refractivity contribution < 1.29 is 37.3 Å². The summed E-state index contributed by atoms with van der Waals surface area (Å²) in [6.07, 6.45) is 78.7. The molecule has 0 aromatic carbocycles. The van der Waals surface area contributed by atoms with Gasteiger partial charge in [-0.2, -0.15) is 0 Å². The van der Waals surface area contributed by atoms with Crippen LogP contribution in [0.1, 0.15) is 297 Å². The van der Waals surface area contributed by atoms with E-state index < -0.39 is 20.0 Å². The van der Waals surface area contributed by atoms with Gasteiger partial charge in [-0.3, -0.25) is 18.6 Å². The molecule has 0 aliphatic heterocycles. The van der Waals surface area contributed by atoms with Crippen LogP contribution < -0.4 is 5.32 Å². The Kier molecular flexibility index (Phi) is 57.3. The number of nitrogens with one attached hydrogen (secondary N) is 1. The number of quaternary nitrogens is 1.